The van der Waals surface area contributed by atoms with Gasteiger partial charge in [0.15, 0.2) is 0 Å². The van der Waals surface area contributed by atoms with Crippen molar-refractivity contribution in [1.29, 1.82) is 5.26 Å². The smallest absolute Gasteiger partial charge is 0.215 e. The molecule has 0 radical (unpaired) electrons. The average Bonchev–Trinajstić information content (AvgIpc) is 3.43. The first-order chi connectivity index (χ1) is 11.6. The van der Waals surface area contributed by atoms with Crippen LogP contribution < -0.4 is 0 Å². The minimum atomic E-state index is -0.516. The first-order valence-electron chi connectivity index (χ1n) is 8.11. The maximum Gasteiger partial charge on any atom is 0.215 e. The summed E-state index contributed by atoms with van der Waals surface area (Å²) in [5.74, 6) is -0.516. The van der Waals surface area contributed by atoms with E-state index in [1.165, 1.54) is 6.07 Å². The maximum absolute atomic E-state index is 13.7. The number of rotatable bonds is 2. The molecule has 0 N–H and O–H groups in total. The molecule has 2 aliphatic rings. The Hall–Kier alpha value is -2.74. The van der Waals surface area contributed by atoms with Crippen LogP contribution in [0, 0.1) is 29.6 Å². The fraction of sp³-hybridized carbons (Fsp3) is 0.316. The fourth-order valence-corrected chi connectivity index (χ4v) is 4.07. The molecule has 2 heterocycles. The Bertz CT molecular complexity index is 1020. The number of halogens is 1. The summed E-state index contributed by atoms with van der Waals surface area (Å²) >= 11 is 0. The van der Waals surface area contributed by atoms with E-state index in [-0.39, 0.29) is 10.8 Å². The molecule has 1 unspecified atom stereocenters. The van der Waals surface area contributed by atoms with E-state index in [4.69, 9.17) is 0 Å². The Kier molecular flexibility index (Phi) is 2.40. The lowest BCUT2D eigenvalue weighted by atomic mass is 9.93. The van der Waals surface area contributed by atoms with Gasteiger partial charge < -0.3 is 0 Å². The highest BCUT2D eigenvalue weighted by Gasteiger charge is 2.75. The van der Waals surface area contributed by atoms with Gasteiger partial charge in [-0.1, -0.05) is 12.1 Å². The molecule has 0 saturated heterocycles. The summed E-state index contributed by atoms with van der Waals surface area (Å²) in [6, 6.07) is 11.8. The highest BCUT2D eigenvalue weighted by atomic mass is 19.1. The van der Waals surface area contributed by atoms with E-state index in [1.54, 1.807) is 17.8 Å². The third-order valence-electron chi connectivity index (χ3n) is 5.64. The molecule has 2 fully saturated rings. The van der Waals surface area contributed by atoms with Gasteiger partial charge in [0.05, 0.1) is 28.9 Å². The maximum atomic E-state index is 13.7. The fourth-order valence-electron chi connectivity index (χ4n) is 4.07. The third-order valence-corrected chi connectivity index (χ3v) is 5.64. The van der Waals surface area contributed by atoms with Crippen molar-refractivity contribution in [2.75, 3.05) is 0 Å². The third kappa shape index (κ3) is 1.66. The minimum absolute atomic E-state index is 0.222. The second-order valence-corrected chi connectivity index (χ2v) is 7.09. The van der Waals surface area contributed by atoms with E-state index in [0.29, 0.717) is 11.4 Å². The SMILES string of the molecule is Cc1cc(-n2ncc3ccc(C4(C#N)CC45CC5)cc32)cc(F)n1. The quantitative estimate of drug-likeness (QED) is 0.675. The van der Waals surface area contributed by atoms with E-state index in [2.05, 4.69) is 16.2 Å². The van der Waals surface area contributed by atoms with E-state index in [1.807, 2.05) is 24.3 Å². The molecular weight excluding hydrogens is 303 g/mol. The monoisotopic (exact) mass is 318 g/mol. The summed E-state index contributed by atoms with van der Waals surface area (Å²) in [6.07, 6.45) is 5.02. The zero-order chi connectivity index (χ0) is 16.5. The van der Waals surface area contributed by atoms with Gasteiger partial charge >= 0.3 is 0 Å². The lowest BCUT2D eigenvalue weighted by Gasteiger charge is -2.10. The number of nitriles is 1. The predicted octanol–water partition coefficient (Wildman–Crippen LogP) is 3.81. The second kappa shape index (κ2) is 4.21. The summed E-state index contributed by atoms with van der Waals surface area (Å²) in [6.45, 7) is 1.76. The number of hydrogen-bond donors (Lipinski definition) is 0. The number of nitrogens with zero attached hydrogens (tertiary/aromatic N) is 4. The first kappa shape index (κ1) is 13.7. The number of benzene rings is 1. The average molecular weight is 318 g/mol. The highest BCUT2D eigenvalue weighted by molar-refractivity contribution is 5.82. The van der Waals surface area contributed by atoms with Crippen LogP contribution in [-0.2, 0) is 5.41 Å². The molecule has 2 aliphatic carbocycles. The molecule has 24 heavy (non-hydrogen) atoms. The van der Waals surface area contributed by atoms with Crippen LogP contribution in [0.15, 0.2) is 36.5 Å². The summed E-state index contributed by atoms with van der Waals surface area (Å²) in [5, 5.41) is 15.1. The molecular formula is C19H15FN4. The zero-order valence-electron chi connectivity index (χ0n) is 13.3. The number of hydrogen-bond acceptors (Lipinski definition) is 3. The molecule has 3 aromatic rings. The Labute approximate surface area is 138 Å². The molecule has 0 bridgehead atoms. The van der Waals surface area contributed by atoms with E-state index in [9.17, 15) is 9.65 Å². The minimum Gasteiger partial charge on any atom is -0.233 e. The normalized spacial score (nSPS) is 23.4. The molecule has 1 aromatic carbocycles. The molecule has 118 valence electrons. The van der Waals surface area contributed by atoms with Crippen LogP contribution in [0.5, 0.6) is 0 Å². The summed E-state index contributed by atoms with van der Waals surface area (Å²) in [7, 11) is 0. The lowest BCUT2D eigenvalue weighted by Crippen LogP contribution is -2.08. The van der Waals surface area contributed by atoms with Crippen molar-refractivity contribution in [2.24, 2.45) is 5.41 Å². The van der Waals surface area contributed by atoms with Gasteiger partial charge in [0.2, 0.25) is 5.95 Å². The van der Waals surface area contributed by atoms with Crippen LogP contribution in [0.2, 0.25) is 0 Å². The van der Waals surface area contributed by atoms with Crippen LogP contribution in [0.25, 0.3) is 16.6 Å². The van der Waals surface area contributed by atoms with Gasteiger partial charge in [-0.25, -0.2) is 9.67 Å². The molecule has 1 spiro atoms. The van der Waals surface area contributed by atoms with Crippen LogP contribution in [0.1, 0.15) is 30.5 Å². The Morgan fingerprint density at radius 3 is 2.75 bits per heavy atom. The summed E-state index contributed by atoms with van der Waals surface area (Å²) < 4.78 is 15.4. The Morgan fingerprint density at radius 1 is 1.25 bits per heavy atom. The standard InChI is InChI=1S/C19H15FN4/c1-12-6-15(8-17(20)23-12)24-16-7-14(3-2-13(16)9-22-24)19(11-21)10-18(19)4-5-18/h2-3,6-9H,4-5,10H2,1H3. The van der Waals surface area contributed by atoms with Crippen molar-refractivity contribution in [3.05, 3.63) is 53.7 Å². The van der Waals surface area contributed by atoms with Crippen molar-refractivity contribution in [2.45, 2.75) is 31.6 Å². The largest absolute Gasteiger partial charge is 0.233 e. The molecule has 5 heteroatoms. The number of aromatic nitrogens is 3. The first-order valence-corrected chi connectivity index (χ1v) is 8.11. The summed E-state index contributed by atoms with van der Waals surface area (Å²) in [4.78, 5) is 3.78. The second-order valence-electron chi connectivity index (χ2n) is 7.09. The molecule has 1 atom stereocenters. The number of aryl methyl sites for hydroxylation is 1. The van der Waals surface area contributed by atoms with Gasteiger partial charge in [0.1, 0.15) is 0 Å². The van der Waals surface area contributed by atoms with E-state index < -0.39 is 5.95 Å². The van der Waals surface area contributed by atoms with Crippen LogP contribution >= 0.6 is 0 Å². The molecule has 0 amide bonds. The van der Waals surface area contributed by atoms with Crippen LogP contribution in [-0.4, -0.2) is 14.8 Å². The zero-order valence-corrected chi connectivity index (χ0v) is 13.3. The van der Waals surface area contributed by atoms with Crippen LogP contribution in [0.3, 0.4) is 0 Å². The van der Waals surface area contributed by atoms with Gasteiger partial charge in [-0.15, -0.1) is 0 Å². The van der Waals surface area contributed by atoms with E-state index >= 15 is 0 Å². The Balaban J connectivity index is 1.69. The van der Waals surface area contributed by atoms with E-state index in [0.717, 1.165) is 35.7 Å². The molecule has 4 nitrogen and oxygen atoms in total. The number of pyridine rings is 1. The molecule has 2 aromatic heterocycles. The molecule has 5 rings (SSSR count). The highest BCUT2D eigenvalue weighted by Crippen LogP contribution is 2.78. The number of fused-ring (bicyclic) bond motifs is 1. The van der Waals surface area contributed by atoms with Crippen LogP contribution in [0.4, 0.5) is 4.39 Å². The predicted molar refractivity (Wildman–Crippen MR) is 87.1 cm³/mol. The summed E-state index contributed by atoms with van der Waals surface area (Å²) in [5.41, 5.74) is 3.10. The Morgan fingerprint density at radius 2 is 2.08 bits per heavy atom. The molecule has 0 aliphatic heterocycles. The van der Waals surface area contributed by atoms with Gasteiger partial charge in [-0.05, 0) is 49.3 Å². The molecule has 2 saturated carbocycles. The van der Waals surface area contributed by atoms with Crippen molar-refractivity contribution in [1.82, 2.24) is 14.8 Å². The van der Waals surface area contributed by atoms with Gasteiger partial charge in [0, 0.05) is 17.1 Å². The lowest BCUT2D eigenvalue weighted by molar-refractivity contribution is 0.578. The van der Waals surface area contributed by atoms with Gasteiger partial charge in [0.25, 0.3) is 0 Å². The van der Waals surface area contributed by atoms with Gasteiger partial charge in [-0.2, -0.15) is 14.8 Å². The van der Waals surface area contributed by atoms with Gasteiger partial charge in [-0.3, -0.25) is 0 Å². The van der Waals surface area contributed by atoms with Crippen molar-refractivity contribution >= 4 is 10.9 Å². The van der Waals surface area contributed by atoms with Crippen molar-refractivity contribution < 1.29 is 4.39 Å². The topological polar surface area (TPSA) is 54.5 Å². The van der Waals surface area contributed by atoms with Crippen molar-refractivity contribution in [3.8, 4) is 11.8 Å². The van der Waals surface area contributed by atoms with Crippen molar-refractivity contribution in [3.63, 3.8) is 0 Å².